The Morgan fingerprint density at radius 1 is 1.40 bits per heavy atom. The fourth-order valence-corrected chi connectivity index (χ4v) is 3.88. The number of nitrogens with one attached hydrogen (secondary N) is 2. The molecule has 1 amide bonds. The number of allylic oxidation sites excluding steroid dienone is 1. The second kappa shape index (κ2) is 7.66. The molecule has 30 heavy (non-hydrogen) atoms. The van der Waals surface area contributed by atoms with Crippen LogP contribution in [0.1, 0.15) is 45.9 Å². The van der Waals surface area contributed by atoms with Crippen molar-refractivity contribution in [3.8, 4) is 0 Å². The molecule has 2 N–H and O–H groups in total. The highest BCUT2D eigenvalue weighted by Gasteiger charge is 2.28. The van der Waals surface area contributed by atoms with Crippen molar-refractivity contribution in [2.24, 2.45) is 0 Å². The van der Waals surface area contributed by atoms with Gasteiger partial charge in [0.15, 0.2) is 0 Å². The quantitative estimate of drug-likeness (QED) is 0.480. The number of amides is 1. The van der Waals surface area contributed by atoms with E-state index in [0.29, 0.717) is 42.2 Å². The van der Waals surface area contributed by atoms with Gasteiger partial charge in [-0.2, -0.15) is 5.10 Å². The average molecular weight is 408 g/mol. The van der Waals surface area contributed by atoms with Gasteiger partial charge in [-0.05, 0) is 38.5 Å². The summed E-state index contributed by atoms with van der Waals surface area (Å²) in [6.45, 7) is 8.83. The lowest BCUT2D eigenvalue weighted by Gasteiger charge is -2.27. The van der Waals surface area contributed by atoms with Crippen LogP contribution in [0.2, 0.25) is 0 Å². The molecule has 9 nitrogen and oxygen atoms in total. The number of hydrogen-bond donors (Lipinski definition) is 2. The van der Waals surface area contributed by atoms with E-state index in [2.05, 4.69) is 27.3 Å². The van der Waals surface area contributed by atoms with Crippen molar-refractivity contribution in [2.45, 2.75) is 32.9 Å². The third-order valence-electron chi connectivity index (χ3n) is 5.20. The maximum absolute atomic E-state index is 13.0. The molecule has 0 aliphatic carbocycles. The first-order chi connectivity index (χ1) is 14.5. The van der Waals surface area contributed by atoms with Gasteiger partial charge in [-0.25, -0.2) is 9.78 Å². The van der Waals surface area contributed by atoms with Crippen molar-refractivity contribution in [1.29, 1.82) is 0 Å². The SMILES string of the molecule is C=CC[C@H]1CNc2cc(C(=O)OC)cc3nc(NC(=O)c4cc(C)nn4CC)n1c23. The molecule has 1 aliphatic rings. The van der Waals surface area contributed by atoms with E-state index >= 15 is 0 Å². The van der Waals surface area contributed by atoms with Gasteiger partial charge in [-0.1, -0.05) is 6.08 Å². The summed E-state index contributed by atoms with van der Waals surface area (Å²) in [4.78, 5) is 29.7. The van der Waals surface area contributed by atoms with Gasteiger partial charge >= 0.3 is 5.97 Å². The van der Waals surface area contributed by atoms with Gasteiger partial charge in [0, 0.05) is 13.1 Å². The Hall–Kier alpha value is -3.62. The predicted octanol–water partition coefficient (Wildman–Crippen LogP) is 3.14. The molecule has 0 radical (unpaired) electrons. The number of hydrogen-bond acceptors (Lipinski definition) is 6. The molecule has 4 rings (SSSR count). The molecule has 1 aliphatic heterocycles. The molecule has 1 aromatic carbocycles. The average Bonchev–Trinajstić information content (AvgIpc) is 3.30. The van der Waals surface area contributed by atoms with Gasteiger partial charge < -0.3 is 14.6 Å². The predicted molar refractivity (Wildman–Crippen MR) is 114 cm³/mol. The third kappa shape index (κ3) is 3.22. The number of carbonyl (C=O) groups is 2. The number of ether oxygens (including phenoxy) is 1. The Labute approximate surface area is 173 Å². The number of rotatable bonds is 6. The molecule has 0 spiro atoms. The number of anilines is 2. The van der Waals surface area contributed by atoms with Crippen molar-refractivity contribution in [2.75, 3.05) is 24.3 Å². The van der Waals surface area contributed by atoms with Crippen LogP contribution in [0.3, 0.4) is 0 Å². The number of esters is 1. The van der Waals surface area contributed by atoms with Crippen molar-refractivity contribution < 1.29 is 14.3 Å². The van der Waals surface area contributed by atoms with Crippen molar-refractivity contribution in [1.82, 2.24) is 19.3 Å². The maximum atomic E-state index is 13.0. The van der Waals surface area contributed by atoms with E-state index in [1.54, 1.807) is 22.9 Å². The van der Waals surface area contributed by atoms with E-state index in [4.69, 9.17) is 4.74 Å². The van der Waals surface area contributed by atoms with E-state index in [1.807, 2.05) is 24.5 Å². The van der Waals surface area contributed by atoms with Crippen LogP contribution < -0.4 is 10.6 Å². The minimum absolute atomic E-state index is 0.0251. The zero-order valence-corrected chi connectivity index (χ0v) is 17.2. The summed E-state index contributed by atoms with van der Waals surface area (Å²) in [5.41, 5.74) is 3.85. The topological polar surface area (TPSA) is 103 Å². The third-order valence-corrected chi connectivity index (χ3v) is 5.20. The van der Waals surface area contributed by atoms with Crippen molar-refractivity contribution >= 4 is 34.5 Å². The Bertz CT molecular complexity index is 1160. The van der Waals surface area contributed by atoms with Gasteiger partial charge in [0.1, 0.15) is 5.69 Å². The lowest BCUT2D eigenvalue weighted by atomic mass is 10.1. The van der Waals surface area contributed by atoms with Crippen LogP contribution in [0.5, 0.6) is 0 Å². The van der Waals surface area contributed by atoms with Crippen molar-refractivity contribution in [3.05, 3.63) is 47.8 Å². The largest absolute Gasteiger partial charge is 0.465 e. The summed E-state index contributed by atoms with van der Waals surface area (Å²) in [5.74, 6) is -0.298. The highest BCUT2D eigenvalue weighted by atomic mass is 16.5. The highest BCUT2D eigenvalue weighted by molar-refractivity contribution is 6.05. The summed E-state index contributed by atoms with van der Waals surface area (Å²) in [6.07, 6.45) is 2.54. The molecule has 156 valence electrons. The van der Waals surface area contributed by atoms with Crippen LogP contribution in [-0.2, 0) is 11.3 Å². The number of imidazole rings is 1. The van der Waals surface area contributed by atoms with Crippen LogP contribution >= 0.6 is 0 Å². The number of methoxy groups -OCH3 is 1. The molecule has 0 saturated carbocycles. The van der Waals surface area contributed by atoms with E-state index < -0.39 is 5.97 Å². The van der Waals surface area contributed by atoms with E-state index in [1.165, 1.54) is 7.11 Å². The normalized spacial score (nSPS) is 15.0. The first kappa shape index (κ1) is 19.7. The number of nitrogens with zero attached hydrogens (tertiary/aromatic N) is 4. The molecule has 2 aromatic heterocycles. The fraction of sp³-hybridized carbons (Fsp3) is 0.333. The van der Waals surface area contributed by atoms with Gasteiger partial charge in [-0.15, -0.1) is 6.58 Å². The monoisotopic (exact) mass is 408 g/mol. The second-order valence-corrected chi connectivity index (χ2v) is 7.19. The van der Waals surface area contributed by atoms with E-state index in [9.17, 15) is 9.59 Å². The van der Waals surface area contributed by atoms with Crippen LogP contribution in [0.15, 0.2) is 30.9 Å². The molecule has 0 saturated heterocycles. The first-order valence-electron chi connectivity index (χ1n) is 9.81. The van der Waals surface area contributed by atoms with Gasteiger partial charge in [0.2, 0.25) is 5.95 Å². The molecule has 9 heteroatoms. The Balaban J connectivity index is 1.82. The van der Waals surface area contributed by atoms with E-state index in [-0.39, 0.29) is 11.9 Å². The zero-order chi connectivity index (χ0) is 21.4. The van der Waals surface area contributed by atoms with Crippen molar-refractivity contribution in [3.63, 3.8) is 0 Å². The first-order valence-corrected chi connectivity index (χ1v) is 9.81. The maximum Gasteiger partial charge on any atom is 0.338 e. The molecule has 3 aromatic rings. The summed E-state index contributed by atoms with van der Waals surface area (Å²) >= 11 is 0. The lowest BCUT2D eigenvalue weighted by molar-refractivity contribution is 0.0600. The van der Waals surface area contributed by atoms with Gasteiger partial charge in [0.05, 0.1) is 41.1 Å². The Kier molecular flexibility index (Phi) is 5.03. The number of aryl methyl sites for hydroxylation is 2. The second-order valence-electron chi connectivity index (χ2n) is 7.19. The number of aromatic nitrogens is 4. The Morgan fingerprint density at radius 3 is 2.90 bits per heavy atom. The van der Waals surface area contributed by atoms with Crippen LogP contribution in [0.25, 0.3) is 11.0 Å². The molecule has 0 bridgehead atoms. The van der Waals surface area contributed by atoms with Gasteiger partial charge in [0.25, 0.3) is 5.91 Å². The number of carbonyl (C=O) groups excluding carboxylic acids is 2. The van der Waals surface area contributed by atoms with E-state index in [0.717, 1.165) is 16.9 Å². The zero-order valence-electron chi connectivity index (χ0n) is 17.2. The summed E-state index contributed by atoms with van der Waals surface area (Å²) in [7, 11) is 1.34. The smallest absolute Gasteiger partial charge is 0.338 e. The molecule has 0 fully saturated rings. The minimum atomic E-state index is -0.439. The number of benzene rings is 1. The van der Waals surface area contributed by atoms with Gasteiger partial charge in [-0.3, -0.25) is 14.8 Å². The molecular formula is C21H24N6O3. The minimum Gasteiger partial charge on any atom is -0.465 e. The summed E-state index contributed by atoms with van der Waals surface area (Å²) in [5, 5.41) is 10.6. The summed E-state index contributed by atoms with van der Waals surface area (Å²) in [6, 6.07) is 5.20. The highest BCUT2D eigenvalue weighted by Crippen LogP contribution is 2.36. The van der Waals surface area contributed by atoms with Crippen LogP contribution in [0, 0.1) is 6.92 Å². The summed E-state index contributed by atoms with van der Waals surface area (Å²) < 4.78 is 8.52. The van der Waals surface area contributed by atoms with Crippen LogP contribution in [0.4, 0.5) is 11.6 Å². The molecule has 3 heterocycles. The van der Waals surface area contributed by atoms with Crippen LogP contribution in [-0.4, -0.2) is 44.9 Å². The standard InChI is InChI=1S/C21H24N6O3/c1-5-7-14-11-22-15-9-13(20(29)30-4)10-16-18(15)27(14)21(23-16)24-19(28)17-8-12(3)25-26(17)6-2/h5,8-10,14,22H,1,6-7,11H2,2-4H3,(H,23,24,28)/t14-/m0/s1. The lowest BCUT2D eigenvalue weighted by Crippen LogP contribution is -2.27. The molecule has 0 unspecified atom stereocenters. The Morgan fingerprint density at radius 2 is 2.20 bits per heavy atom. The molecule has 1 atom stereocenters. The molecular weight excluding hydrogens is 384 g/mol. The fourth-order valence-electron chi connectivity index (χ4n) is 3.88.